The Labute approximate surface area is 107 Å². The molecule has 0 fully saturated rings. The van der Waals surface area contributed by atoms with Gasteiger partial charge in [-0.3, -0.25) is 4.79 Å². The van der Waals surface area contributed by atoms with Crippen LogP contribution in [0.4, 0.5) is 5.69 Å². The van der Waals surface area contributed by atoms with Gasteiger partial charge in [-0.25, -0.2) is 0 Å². The van der Waals surface area contributed by atoms with Crippen molar-refractivity contribution in [2.75, 3.05) is 5.32 Å². The topological polar surface area (TPSA) is 29.1 Å². The van der Waals surface area contributed by atoms with Crippen molar-refractivity contribution in [1.29, 1.82) is 0 Å². The summed E-state index contributed by atoms with van der Waals surface area (Å²) in [6.45, 7) is 4.38. The van der Waals surface area contributed by atoms with Gasteiger partial charge in [0.15, 0.2) is 0 Å². The van der Waals surface area contributed by atoms with Crippen LogP contribution in [-0.4, -0.2) is 5.91 Å². The van der Waals surface area contributed by atoms with Crippen molar-refractivity contribution >= 4 is 23.2 Å². The number of nitrogens with one attached hydrogen (secondary N) is 1. The first-order valence-corrected chi connectivity index (χ1v) is 6.60. The first-order valence-electron chi connectivity index (χ1n) is 6.22. The second-order valence-electron chi connectivity index (χ2n) is 4.90. The second-order valence-corrected chi connectivity index (χ2v) is 5.34. The summed E-state index contributed by atoms with van der Waals surface area (Å²) in [5.74, 6) is 0.663. The van der Waals surface area contributed by atoms with Crippen molar-refractivity contribution in [3.8, 4) is 0 Å². The van der Waals surface area contributed by atoms with E-state index in [1.165, 1.54) is 6.42 Å². The normalized spacial score (nSPS) is 19.9. The number of fused-ring (bicyclic) bond motifs is 1. The fourth-order valence-electron chi connectivity index (χ4n) is 2.54. The van der Waals surface area contributed by atoms with Crippen LogP contribution in [0.3, 0.4) is 0 Å². The quantitative estimate of drug-likeness (QED) is 0.854. The average molecular weight is 252 g/mol. The van der Waals surface area contributed by atoms with Crippen LogP contribution in [0.25, 0.3) is 0 Å². The van der Waals surface area contributed by atoms with Gasteiger partial charge in [-0.15, -0.1) is 0 Å². The van der Waals surface area contributed by atoms with Crippen LogP contribution < -0.4 is 5.32 Å². The van der Waals surface area contributed by atoms with Gasteiger partial charge in [0.2, 0.25) is 5.91 Å². The maximum absolute atomic E-state index is 11.9. The van der Waals surface area contributed by atoms with E-state index in [-0.39, 0.29) is 11.8 Å². The minimum atomic E-state index is -0.0229. The Hall–Kier alpha value is -1.02. The summed E-state index contributed by atoms with van der Waals surface area (Å²) < 4.78 is 0. The van der Waals surface area contributed by atoms with Crippen LogP contribution in [0.1, 0.15) is 44.6 Å². The van der Waals surface area contributed by atoms with Gasteiger partial charge >= 0.3 is 0 Å². The van der Waals surface area contributed by atoms with Crippen molar-refractivity contribution < 1.29 is 4.79 Å². The van der Waals surface area contributed by atoms with Gasteiger partial charge in [0.25, 0.3) is 0 Å². The summed E-state index contributed by atoms with van der Waals surface area (Å²) in [6, 6.07) is 5.62. The fraction of sp³-hybridized carbons (Fsp3) is 0.500. The van der Waals surface area contributed by atoms with Gasteiger partial charge in [0.1, 0.15) is 0 Å². The van der Waals surface area contributed by atoms with E-state index < -0.39 is 0 Å². The van der Waals surface area contributed by atoms with E-state index in [9.17, 15) is 4.79 Å². The first-order chi connectivity index (χ1) is 8.11. The molecule has 0 aliphatic carbocycles. The van der Waals surface area contributed by atoms with Crippen LogP contribution in [0, 0.1) is 5.92 Å². The Morgan fingerprint density at radius 2 is 2.24 bits per heavy atom. The van der Waals surface area contributed by atoms with E-state index in [0.717, 1.165) is 24.1 Å². The molecule has 3 heteroatoms. The van der Waals surface area contributed by atoms with Crippen molar-refractivity contribution in [2.24, 2.45) is 5.92 Å². The van der Waals surface area contributed by atoms with E-state index in [0.29, 0.717) is 10.9 Å². The molecule has 1 N–H and O–H groups in total. The highest BCUT2D eigenvalue weighted by atomic mass is 35.5. The standard InChI is InChI=1S/C14H18ClNO/c1-3-4-9(2)7-12-11-8-10(15)5-6-13(11)16-14(12)17/h5-6,8-9,12H,3-4,7H2,1-2H3,(H,16,17). The van der Waals surface area contributed by atoms with Gasteiger partial charge < -0.3 is 5.32 Å². The van der Waals surface area contributed by atoms with Crippen LogP contribution in [-0.2, 0) is 4.79 Å². The number of carbonyl (C=O) groups excluding carboxylic acids is 1. The predicted molar refractivity (Wildman–Crippen MR) is 71.5 cm³/mol. The Kier molecular flexibility index (Phi) is 3.72. The smallest absolute Gasteiger partial charge is 0.232 e. The van der Waals surface area contributed by atoms with Crippen molar-refractivity contribution in [2.45, 2.75) is 39.0 Å². The second kappa shape index (κ2) is 5.09. The third-order valence-electron chi connectivity index (χ3n) is 3.38. The molecule has 2 unspecified atom stereocenters. The third-order valence-corrected chi connectivity index (χ3v) is 3.62. The van der Waals surface area contributed by atoms with Crippen LogP contribution >= 0.6 is 11.6 Å². The summed E-state index contributed by atoms with van der Waals surface area (Å²) in [5, 5.41) is 3.63. The molecule has 0 spiro atoms. The largest absolute Gasteiger partial charge is 0.325 e. The van der Waals surface area contributed by atoms with Gasteiger partial charge in [-0.05, 0) is 36.1 Å². The van der Waals surface area contributed by atoms with Gasteiger partial charge in [-0.1, -0.05) is 38.3 Å². The molecule has 1 heterocycles. The van der Waals surface area contributed by atoms with E-state index in [2.05, 4.69) is 19.2 Å². The average Bonchev–Trinajstić information content (AvgIpc) is 2.56. The maximum atomic E-state index is 11.9. The number of hydrogen-bond acceptors (Lipinski definition) is 1. The molecule has 1 aromatic rings. The van der Waals surface area contributed by atoms with E-state index >= 15 is 0 Å². The molecule has 2 nitrogen and oxygen atoms in total. The van der Waals surface area contributed by atoms with E-state index in [4.69, 9.17) is 11.6 Å². The molecule has 92 valence electrons. The minimum absolute atomic E-state index is 0.0229. The summed E-state index contributed by atoms with van der Waals surface area (Å²) >= 11 is 6.00. The Balaban J connectivity index is 2.19. The lowest BCUT2D eigenvalue weighted by Gasteiger charge is -2.14. The fourth-order valence-corrected chi connectivity index (χ4v) is 2.72. The molecule has 1 aliphatic heterocycles. The lowest BCUT2D eigenvalue weighted by atomic mass is 9.88. The minimum Gasteiger partial charge on any atom is -0.325 e. The van der Waals surface area contributed by atoms with Crippen molar-refractivity contribution in [3.05, 3.63) is 28.8 Å². The van der Waals surface area contributed by atoms with Gasteiger partial charge in [0, 0.05) is 10.7 Å². The zero-order valence-corrected chi connectivity index (χ0v) is 11.1. The van der Waals surface area contributed by atoms with Crippen LogP contribution in [0.5, 0.6) is 0 Å². The summed E-state index contributed by atoms with van der Waals surface area (Å²) in [6.07, 6.45) is 3.24. The Morgan fingerprint density at radius 1 is 1.47 bits per heavy atom. The molecule has 1 amide bonds. The number of amides is 1. The number of carbonyl (C=O) groups is 1. The first kappa shape index (κ1) is 12.4. The van der Waals surface area contributed by atoms with Crippen molar-refractivity contribution in [1.82, 2.24) is 0 Å². The van der Waals surface area contributed by atoms with Crippen LogP contribution in [0.15, 0.2) is 18.2 Å². The molecular formula is C14H18ClNO. The Bertz CT molecular complexity index is 430. The number of halogens is 1. The molecule has 0 aromatic heterocycles. The van der Waals surface area contributed by atoms with Crippen molar-refractivity contribution in [3.63, 3.8) is 0 Å². The van der Waals surface area contributed by atoms with Gasteiger partial charge in [-0.2, -0.15) is 0 Å². The van der Waals surface area contributed by atoms with E-state index in [1.807, 2.05) is 18.2 Å². The van der Waals surface area contributed by atoms with E-state index in [1.54, 1.807) is 0 Å². The molecule has 0 radical (unpaired) electrons. The molecular weight excluding hydrogens is 234 g/mol. The summed E-state index contributed by atoms with van der Waals surface area (Å²) in [4.78, 5) is 11.9. The summed E-state index contributed by atoms with van der Waals surface area (Å²) in [7, 11) is 0. The molecule has 2 atom stereocenters. The molecule has 17 heavy (non-hydrogen) atoms. The SMILES string of the molecule is CCCC(C)CC1C(=O)Nc2ccc(Cl)cc21. The number of benzene rings is 1. The zero-order chi connectivity index (χ0) is 12.4. The lowest BCUT2D eigenvalue weighted by molar-refractivity contribution is -0.117. The highest BCUT2D eigenvalue weighted by molar-refractivity contribution is 6.31. The number of hydrogen-bond donors (Lipinski definition) is 1. The molecule has 1 aromatic carbocycles. The lowest BCUT2D eigenvalue weighted by Crippen LogP contribution is -2.14. The molecule has 1 aliphatic rings. The van der Waals surface area contributed by atoms with Crippen LogP contribution in [0.2, 0.25) is 5.02 Å². The molecule has 0 saturated carbocycles. The highest BCUT2D eigenvalue weighted by Crippen LogP contribution is 2.38. The molecule has 0 bridgehead atoms. The maximum Gasteiger partial charge on any atom is 0.232 e. The zero-order valence-electron chi connectivity index (χ0n) is 10.3. The monoisotopic (exact) mass is 251 g/mol. The number of anilines is 1. The predicted octanol–water partition coefficient (Wildman–Crippen LogP) is 4.20. The third kappa shape index (κ3) is 2.63. The molecule has 0 saturated heterocycles. The number of rotatable bonds is 4. The summed E-state index contributed by atoms with van der Waals surface area (Å²) in [5.41, 5.74) is 1.98. The Morgan fingerprint density at radius 3 is 2.94 bits per heavy atom. The van der Waals surface area contributed by atoms with Gasteiger partial charge in [0.05, 0.1) is 5.92 Å². The highest BCUT2D eigenvalue weighted by Gasteiger charge is 2.31. The molecule has 2 rings (SSSR count).